The molecule has 0 fully saturated rings. The Balaban J connectivity index is 2.17. The summed E-state index contributed by atoms with van der Waals surface area (Å²) in [5.74, 6) is -0.725. The first-order valence-electron chi connectivity index (χ1n) is 5.69. The molecular weight excluding hydrogens is 232 g/mol. The average molecular weight is 248 g/mol. The van der Waals surface area contributed by atoms with Gasteiger partial charge in [0.15, 0.2) is 0 Å². The molecule has 1 aromatic heterocycles. The lowest BCUT2D eigenvalue weighted by molar-refractivity contribution is -0.147. The summed E-state index contributed by atoms with van der Waals surface area (Å²) in [6.07, 6.45) is 1.49. The quantitative estimate of drug-likeness (QED) is 0.889. The van der Waals surface area contributed by atoms with Crippen LogP contribution < -0.4 is 0 Å². The minimum absolute atomic E-state index is 0.650. The highest BCUT2D eigenvalue weighted by Gasteiger charge is 2.26. The number of carbonyl (C=O) groups is 1. The number of rotatable bonds is 4. The highest BCUT2D eigenvalue weighted by atomic mass is 32.1. The van der Waals surface area contributed by atoms with Crippen LogP contribution in [0.5, 0.6) is 0 Å². The number of hydrogen-bond acceptors (Lipinski definition) is 2. The Hall–Kier alpha value is -1.35. The van der Waals surface area contributed by atoms with Gasteiger partial charge in [0, 0.05) is 4.70 Å². The summed E-state index contributed by atoms with van der Waals surface area (Å²) in [4.78, 5) is 11.0. The molecule has 2 rings (SSSR count). The zero-order valence-corrected chi connectivity index (χ0v) is 10.9. The van der Waals surface area contributed by atoms with E-state index < -0.39 is 11.4 Å². The first-order chi connectivity index (χ1) is 8.00. The predicted octanol–water partition coefficient (Wildman–Crippen LogP) is 3.94. The Morgan fingerprint density at radius 2 is 2.06 bits per heavy atom. The van der Waals surface area contributed by atoms with E-state index in [0.29, 0.717) is 6.42 Å². The number of carboxylic acid groups (broad SMARTS) is 1. The highest BCUT2D eigenvalue weighted by molar-refractivity contribution is 7.17. The largest absolute Gasteiger partial charge is 0.481 e. The molecule has 0 radical (unpaired) electrons. The van der Waals surface area contributed by atoms with Gasteiger partial charge >= 0.3 is 5.97 Å². The van der Waals surface area contributed by atoms with Crippen molar-refractivity contribution in [2.45, 2.75) is 26.7 Å². The third-order valence-electron chi connectivity index (χ3n) is 3.16. The summed E-state index contributed by atoms with van der Waals surface area (Å²) in [5.41, 5.74) is 0.614. The Bertz CT molecular complexity index is 540. The molecule has 0 unspecified atom stereocenters. The normalized spacial score (nSPS) is 11.9. The average Bonchev–Trinajstić information content (AvgIpc) is 2.69. The zero-order valence-electron chi connectivity index (χ0n) is 10.1. The Labute approximate surface area is 105 Å². The van der Waals surface area contributed by atoms with Crippen LogP contribution in [-0.4, -0.2) is 11.1 Å². The highest BCUT2D eigenvalue weighted by Crippen LogP contribution is 2.30. The molecule has 17 heavy (non-hydrogen) atoms. The van der Waals surface area contributed by atoms with E-state index >= 15 is 0 Å². The smallest absolute Gasteiger partial charge is 0.309 e. The summed E-state index contributed by atoms with van der Waals surface area (Å²) >= 11 is 1.73. The number of thiophene rings is 1. The van der Waals surface area contributed by atoms with Crippen molar-refractivity contribution < 1.29 is 9.90 Å². The molecule has 0 aliphatic rings. The number of aryl methyl sites for hydroxylation is 1. The van der Waals surface area contributed by atoms with E-state index in [1.807, 2.05) is 12.1 Å². The third kappa shape index (κ3) is 2.50. The number of carboxylic acids is 1. The van der Waals surface area contributed by atoms with Gasteiger partial charge in [0.1, 0.15) is 0 Å². The van der Waals surface area contributed by atoms with Gasteiger partial charge in [0.2, 0.25) is 0 Å². The SMILES string of the molecule is CC(C)(CCc1csc2ccccc12)C(=O)O. The van der Waals surface area contributed by atoms with E-state index in [1.165, 1.54) is 15.6 Å². The van der Waals surface area contributed by atoms with Crippen LogP contribution in [0.4, 0.5) is 0 Å². The molecule has 0 saturated heterocycles. The fourth-order valence-corrected chi connectivity index (χ4v) is 2.78. The molecule has 0 aliphatic heterocycles. The summed E-state index contributed by atoms with van der Waals surface area (Å²) in [6, 6.07) is 8.27. The second kappa shape index (κ2) is 4.49. The number of aliphatic carboxylic acids is 1. The minimum atomic E-state index is -0.725. The molecule has 0 amide bonds. The van der Waals surface area contributed by atoms with Gasteiger partial charge in [0.25, 0.3) is 0 Å². The molecule has 3 heteroatoms. The summed E-state index contributed by atoms with van der Waals surface area (Å²) in [7, 11) is 0. The molecule has 0 bridgehead atoms. The molecule has 0 saturated carbocycles. The Morgan fingerprint density at radius 3 is 2.76 bits per heavy atom. The first kappa shape index (κ1) is 12.1. The molecule has 1 heterocycles. The van der Waals surface area contributed by atoms with Crippen molar-refractivity contribution in [3.05, 3.63) is 35.2 Å². The van der Waals surface area contributed by atoms with Crippen LogP contribution in [0.3, 0.4) is 0 Å². The monoisotopic (exact) mass is 248 g/mol. The molecule has 0 aliphatic carbocycles. The maximum absolute atomic E-state index is 11.0. The predicted molar refractivity (Wildman–Crippen MR) is 71.6 cm³/mol. The van der Waals surface area contributed by atoms with Gasteiger partial charge < -0.3 is 5.11 Å². The fourth-order valence-electron chi connectivity index (χ4n) is 1.78. The summed E-state index contributed by atoms with van der Waals surface area (Å²) in [6.45, 7) is 3.56. The Kier molecular flexibility index (Phi) is 3.20. The first-order valence-corrected chi connectivity index (χ1v) is 6.57. The second-order valence-corrected chi connectivity index (χ2v) is 5.86. The van der Waals surface area contributed by atoms with Gasteiger partial charge in [-0.2, -0.15) is 0 Å². The minimum Gasteiger partial charge on any atom is -0.481 e. The molecule has 1 aromatic carbocycles. The molecule has 2 aromatic rings. The van der Waals surface area contributed by atoms with Crippen molar-refractivity contribution in [2.75, 3.05) is 0 Å². The van der Waals surface area contributed by atoms with Gasteiger partial charge in [-0.05, 0) is 49.1 Å². The van der Waals surface area contributed by atoms with Crippen molar-refractivity contribution in [3.63, 3.8) is 0 Å². The van der Waals surface area contributed by atoms with Gasteiger partial charge in [-0.25, -0.2) is 0 Å². The van der Waals surface area contributed by atoms with E-state index in [9.17, 15) is 4.79 Å². The van der Waals surface area contributed by atoms with Gasteiger partial charge in [-0.1, -0.05) is 18.2 Å². The topological polar surface area (TPSA) is 37.3 Å². The van der Waals surface area contributed by atoms with E-state index in [1.54, 1.807) is 25.2 Å². The maximum Gasteiger partial charge on any atom is 0.309 e. The number of fused-ring (bicyclic) bond motifs is 1. The molecule has 2 nitrogen and oxygen atoms in total. The van der Waals surface area contributed by atoms with Crippen LogP contribution >= 0.6 is 11.3 Å². The fraction of sp³-hybridized carbons (Fsp3) is 0.357. The van der Waals surface area contributed by atoms with E-state index in [-0.39, 0.29) is 0 Å². The second-order valence-electron chi connectivity index (χ2n) is 4.95. The lowest BCUT2D eigenvalue weighted by atomic mass is 9.86. The lowest BCUT2D eigenvalue weighted by Crippen LogP contribution is -2.24. The van der Waals surface area contributed by atoms with Crippen molar-refractivity contribution in [3.8, 4) is 0 Å². The van der Waals surface area contributed by atoms with Crippen LogP contribution in [0.25, 0.3) is 10.1 Å². The van der Waals surface area contributed by atoms with Crippen molar-refractivity contribution >= 4 is 27.4 Å². The summed E-state index contributed by atoms with van der Waals surface area (Å²) < 4.78 is 1.27. The van der Waals surface area contributed by atoms with Gasteiger partial charge in [0.05, 0.1) is 5.41 Å². The van der Waals surface area contributed by atoms with Crippen LogP contribution in [-0.2, 0) is 11.2 Å². The van der Waals surface area contributed by atoms with Crippen LogP contribution in [0.1, 0.15) is 25.8 Å². The van der Waals surface area contributed by atoms with Crippen LogP contribution in [0.2, 0.25) is 0 Å². The zero-order chi connectivity index (χ0) is 12.5. The number of hydrogen-bond donors (Lipinski definition) is 1. The van der Waals surface area contributed by atoms with E-state index in [2.05, 4.69) is 17.5 Å². The standard InChI is InChI=1S/C14H16O2S/c1-14(2,13(15)16)8-7-10-9-17-12-6-4-3-5-11(10)12/h3-6,9H,7-8H2,1-2H3,(H,15,16). The van der Waals surface area contributed by atoms with Gasteiger partial charge in [-0.3, -0.25) is 4.79 Å². The van der Waals surface area contributed by atoms with E-state index in [0.717, 1.165) is 6.42 Å². The maximum atomic E-state index is 11.0. The molecule has 1 N–H and O–H groups in total. The third-order valence-corrected chi connectivity index (χ3v) is 4.17. The van der Waals surface area contributed by atoms with Crippen molar-refractivity contribution in [1.82, 2.24) is 0 Å². The van der Waals surface area contributed by atoms with Crippen molar-refractivity contribution in [1.29, 1.82) is 0 Å². The van der Waals surface area contributed by atoms with Crippen LogP contribution in [0, 0.1) is 5.41 Å². The summed E-state index contributed by atoms with van der Waals surface area (Å²) in [5, 5.41) is 12.5. The van der Waals surface area contributed by atoms with Crippen molar-refractivity contribution in [2.24, 2.45) is 5.41 Å². The van der Waals surface area contributed by atoms with Crippen LogP contribution in [0.15, 0.2) is 29.6 Å². The van der Waals surface area contributed by atoms with Gasteiger partial charge in [-0.15, -0.1) is 11.3 Å². The number of benzene rings is 1. The molecule has 0 spiro atoms. The van der Waals surface area contributed by atoms with E-state index in [4.69, 9.17) is 5.11 Å². The Morgan fingerprint density at radius 1 is 1.35 bits per heavy atom. The molecule has 0 atom stereocenters. The lowest BCUT2D eigenvalue weighted by Gasteiger charge is -2.18. The molecule has 90 valence electrons. The molecular formula is C14H16O2S.